The van der Waals surface area contributed by atoms with E-state index in [0.29, 0.717) is 5.84 Å². The summed E-state index contributed by atoms with van der Waals surface area (Å²) in [5.41, 5.74) is 1.94. The van der Waals surface area contributed by atoms with Crippen LogP contribution in [-0.4, -0.2) is 11.1 Å². The summed E-state index contributed by atoms with van der Waals surface area (Å²) in [6.07, 6.45) is -0.318. The molecule has 1 heterocycles. The lowest BCUT2D eigenvalue weighted by Crippen LogP contribution is -2.12. The number of hydrogen-bond donors (Lipinski definition) is 0. The third-order valence-electron chi connectivity index (χ3n) is 2.80. The van der Waals surface area contributed by atoms with Crippen molar-refractivity contribution in [2.45, 2.75) is 6.17 Å². The molecule has 2 aromatic rings. The zero-order valence-corrected chi connectivity index (χ0v) is 10.8. The van der Waals surface area contributed by atoms with Crippen LogP contribution in [0.5, 0.6) is 0 Å². The maximum absolute atomic E-state index is 6.01. The average Bonchev–Trinajstić information content (AvgIpc) is 2.48. The van der Waals surface area contributed by atoms with E-state index in [1.807, 2.05) is 60.7 Å². The number of nitrogens with zero attached hydrogens (tertiary/aromatic N) is 3. The van der Waals surface area contributed by atoms with E-state index in [1.165, 1.54) is 0 Å². The highest BCUT2D eigenvalue weighted by molar-refractivity contribution is 6.66. The number of benzene rings is 2. The molecule has 3 rings (SSSR count). The highest BCUT2D eigenvalue weighted by atomic mass is 35.5. The van der Waals surface area contributed by atoms with E-state index in [-0.39, 0.29) is 11.5 Å². The van der Waals surface area contributed by atoms with Crippen molar-refractivity contribution in [1.29, 1.82) is 0 Å². The van der Waals surface area contributed by atoms with E-state index in [2.05, 4.69) is 15.3 Å². The minimum atomic E-state index is -0.318. The van der Waals surface area contributed by atoms with Gasteiger partial charge in [-0.25, -0.2) is 0 Å². The zero-order valence-electron chi connectivity index (χ0n) is 10.1. The molecule has 2 aromatic carbocycles. The number of halogens is 1. The summed E-state index contributed by atoms with van der Waals surface area (Å²) in [6, 6.07) is 19.6. The Morgan fingerprint density at radius 3 is 2.21 bits per heavy atom. The van der Waals surface area contributed by atoms with Crippen molar-refractivity contribution in [2.75, 3.05) is 0 Å². The van der Waals surface area contributed by atoms with Gasteiger partial charge in [-0.3, -0.25) is 4.99 Å². The molecular weight excluding hydrogens is 258 g/mol. The summed E-state index contributed by atoms with van der Waals surface area (Å²) in [5.74, 6) is 0.620. The van der Waals surface area contributed by atoms with Gasteiger partial charge in [0.1, 0.15) is 5.29 Å². The standard InChI is InChI=1S/C15H11ClN3/c16-15-18-13(11-7-3-1-4-8-11)17-14(19-15)12-9-5-2-6-10-12/h1-10,13H/q-1. The summed E-state index contributed by atoms with van der Waals surface area (Å²) >= 11 is 6.01. The Morgan fingerprint density at radius 2 is 1.53 bits per heavy atom. The van der Waals surface area contributed by atoms with Crippen LogP contribution >= 0.6 is 11.6 Å². The Hall–Kier alpha value is -2.13. The Labute approximate surface area is 116 Å². The first-order chi connectivity index (χ1) is 9.33. The Morgan fingerprint density at radius 1 is 0.895 bits per heavy atom. The van der Waals surface area contributed by atoms with Gasteiger partial charge in [-0.15, -0.1) is 0 Å². The minimum Gasteiger partial charge on any atom is -0.438 e. The lowest BCUT2D eigenvalue weighted by Gasteiger charge is -2.30. The normalized spacial score (nSPS) is 18.3. The van der Waals surface area contributed by atoms with E-state index < -0.39 is 0 Å². The van der Waals surface area contributed by atoms with Crippen molar-refractivity contribution in [2.24, 2.45) is 9.98 Å². The molecule has 0 radical (unpaired) electrons. The summed E-state index contributed by atoms with van der Waals surface area (Å²) in [6.45, 7) is 0. The van der Waals surface area contributed by atoms with Crippen LogP contribution in [0.4, 0.5) is 0 Å². The number of aliphatic imine (C=N–C) groups is 2. The first-order valence-electron chi connectivity index (χ1n) is 5.96. The topological polar surface area (TPSA) is 38.8 Å². The average molecular weight is 269 g/mol. The summed E-state index contributed by atoms with van der Waals surface area (Å²) < 4.78 is 0. The van der Waals surface area contributed by atoms with Gasteiger partial charge in [-0.05, 0) is 11.1 Å². The summed E-state index contributed by atoms with van der Waals surface area (Å²) in [7, 11) is 0. The molecule has 1 aliphatic heterocycles. The third kappa shape index (κ3) is 2.66. The first kappa shape index (κ1) is 11.9. The number of rotatable bonds is 2. The molecule has 0 aliphatic carbocycles. The highest BCUT2D eigenvalue weighted by Crippen LogP contribution is 2.29. The lowest BCUT2D eigenvalue weighted by atomic mass is 10.1. The molecule has 19 heavy (non-hydrogen) atoms. The van der Waals surface area contributed by atoms with Crippen LogP contribution in [0, 0.1) is 0 Å². The molecule has 0 N–H and O–H groups in total. The molecule has 0 aromatic heterocycles. The summed E-state index contributed by atoms with van der Waals surface area (Å²) in [5, 5.41) is 4.79. The van der Waals surface area contributed by atoms with Crippen molar-refractivity contribution < 1.29 is 0 Å². The SMILES string of the molecule is ClC1=NC(c2ccccc2)[N-]C(c2ccccc2)=N1. The van der Waals surface area contributed by atoms with E-state index >= 15 is 0 Å². The Bertz CT molecular complexity index is 620. The van der Waals surface area contributed by atoms with Crippen molar-refractivity contribution >= 4 is 22.7 Å². The predicted molar refractivity (Wildman–Crippen MR) is 78.8 cm³/mol. The van der Waals surface area contributed by atoms with Gasteiger partial charge < -0.3 is 10.3 Å². The molecule has 4 heteroatoms. The van der Waals surface area contributed by atoms with Gasteiger partial charge >= 0.3 is 0 Å². The maximum atomic E-state index is 6.01. The van der Waals surface area contributed by atoms with Gasteiger partial charge in [-0.1, -0.05) is 78.1 Å². The van der Waals surface area contributed by atoms with E-state index in [9.17, 15) is 0 Å². The lowest BCUT2D eigenvalue weighted by molar-refractivity contribution is 0.882. The van der Waals surface area contributed by atoms with Crippen LogP contribution in [0.2, 0.25) is 0 Å². The van der Waals surface area contributed by atoms with E-state index in [0.717, 1.165) is 11.1 Å². The van der Waals surface area contributed by atoms with Gasteiger partial charge in [-0.2, -0.15) is 0 Å². The van der Waals surface area contributed by atoms with Crippen molar-refractivity contribution in [1.82, 2.24) is 0 Å². The summed E-state index contributed by atoms with van der Waals surface area (Å²) in [4.78, 5) is 8.45. The monoisotopic (exact) mass is 268 g/mol. The third-order valence-corrected chi connectivity index (χ3v) is 2.98. The molecule has 0 bridgehead atoms. The fourth-order valence-electron chi connectivity index (χ4n) is 1.89. The van der Waals surface area contributed by atoms with Crippen molar-refractivity contribution in [3.05, 3.63) is 77.1 Å². The van der Waals surface area contributed by atoms with Crippen LogP contribution in [0.25, 0.3) is 5.32 Å². The molecule has 0 fully saturated rings. The predicted octanol–water partition coefficient (Wildman–Crippen LogP) is 4.11. The maximum Gasteiger partial charge on any atom is 0.114 e. The van der Waals surface area contributed by atoms with Crippen LogP contribution in [0.15, 0.2) is 70.6 Å². The first-order valence-corrected chi connectivity index (χ1v) is 6.34. The van der Waals surface area contributed by atoms with Crippen LogP contribution < -0.4 is 0 Å². The van der Waals surface area contributed by atoms with Gasteiger partial charge in [0.15, 0.2) is 0 Å². The zero-order chi connectivity index (χ0) is 13.1. The molecule has 0 spiro atoms. The molecule has 0 saturated heterocycles. The largest absolute Gasteiger partial charge is 0.438 e. The fraction of sp³-hybridized carbons (Fsp3) is 0.0667. The quantitative estimate of drug-likeness (QED) is 0.735. The van der Waals surface area contributed by atoms with E-state index in [4.69, 9.17) is 11.6 Å². The van der Waals surface area contributed by atoms with Crippen LogP contribution in [-0.2, 0) is 0 Å². The Kier molecular flexibility index (Phi) is 3.29. The molecule has 1 atom stereocenters. The van der Waals surface area contributed by atoms with Gasteiger partial charge in [0, 0.05) is 0 Å². The Balaban J connectivity index is 1.92. The van der Waals surface area contributed by atoms with E-state index in [1.54, 1.807) is 0 Å². The molecular formula is C15H11ClN3-. The highest BCUT2D eigenvalue weighted by Gasteiger charge is 2.10. The molecule has 0 saturated carbocycles. The smallest absolute Gasteiger partial charge is 0.114 e. The molecule has 94 valence electrons. The number of hydrogen-bond acceptors (Lipinski definition) is 2. The second-order valence-electron chi connectivity index (χ2n) is 4.11. The van der Waals surface area contributed by atoms with Crippen molar-refractivity contribution in [3.8, 4) is 0 Å². The molecule has 1 aliphatic rings. The fourth-order valence-corrected chi connectivity index (χ4v) is 2.06. The number of amidine groups is 2. The van der Waals surface area contributed by atoms with Crippen LogP contribution in [0.3, 0.4) is 0 Å². The second kappa shape index (κ2) is 5.24. The second-order valence-corrected chi connectivity index (χ2v) is 4.45. The van der Waals surface area contributed by atoms with Gasteiger partial charge in [0.05, 0.1) is 6.17 Å². The molecule has 0 amide bonds. The van der Waals surface area contributed by atoms with Gasteiger partial charge in [0.25, 0.3) is 0 Å². The molecule has 1 unspecified atom stereocenters. The molecule has 3 nitrogen and oxygen atoms in total. The van der Waals surface area contributed by atoms with Crippen molar-refractivity contribution in [3.63, 3.8) is 0 Å². The van der Waals surface area contributed by atoms with Crippen LogP contribution in [0.1, 0.15) is 17.3 Å². The minimum absolute atomic E-state index is 0.239. The van der Waals surface area contributed by atoms with Gasteiger partial charge in [0.2, 0.25) is 0 Å².